The summed E-state index contributed by atoms with van der Waals surface area (Å²) < 4.78 is 5.58. The van der Waals surface area contributed by atoms with Crippen LogP contribution in [0.2, 0.25) is 0 Å². The molecule has 0 amide bonds. The van der Waals surface area contributed by atoms with E-state index in [2.05, 4.69) is 9.97 Å². The normalized spacial score (nSPS) is 10.1. The number of nitrogens with two attached hydrogens (primary N) is 1. The lowest BCUT2D eigenvalue weighted by atomic mass is 10.1. The fourth-order valence-electron chi connectivity index (χ4n) is 1.51. The van der Waals surface area contributed by atoms with Crippen molar-refractivity contribution in [2.24, 2.45) is 0 Å². The van der Waals surface area contributed by atoms with E-state index in [1.807, 2.05) is 6.92 Å². The fourth-order valence-corrected chi connectivity index (χ4v) is 1.51. The molecule has 0 unspecified atom stereocenters. The number of benzene rings is 1. The van der Waals surface area contributed by atoms with Crippen molar-refractivity contribution in [3.05, 3.63) is 41.9 Å². The third-order valence-electron chi connectivity index (χ3n) is 2.38. The van der Waals surface area contributed by atoms with Gasteiger partial charge < -0.3 is 10.5 Å². The molecule has 0 aliphatic rings. The van der Waals surface area contributed by atoms with Crippen LogP contribution in [-0.2, 0) is 0 Å². The Bertz CT molecular complexity index is 597. The summed E-state index contributed by atoms with van der Waals surface area (Å²) in [5.41, 5.74) is 7.40. The standard InChI is InChI=1S/C13H13N3O2/c1-8-5-13(16-7-15-8)18-12-4-3-10(14)6-11(12)9(2)17/h3-7H,14H2,1-2H3. The highest BCUT2D eigenvalue weighted by Crippen LogP contribution is 2.26. The van der Waals surface area contributed by atoms with Gasteiger partial charge in [0.25, 0.3) is 0 Å². The molecular weight excluding hydrogens is 230 g/mol. The number of aryl methyl sites for hydroxylation is 1. The predicted molar refractivity (Wildman–Crippen MR) is 67.7 cm³/mol. The molecule has 0 fully saturated rings. The number of ketones is 1. The van der Waals surface area contributed by atoms with Crippen LogP contribution >= 0.6 is 0 Å². The average molecular weight is 243 g/mol. The first kappa shape index (κ1) is 12.0. The molecule has 0 aliphatic heterocycles. The van der Waals surface area contributed by atoms with E-state index in [4.69, 9.17) is 10.5 Å². The van der Waals surface area contributed by atoms with Crippen molar-refractivity contribution in [1.29, 1.82) is 0 Å². The molecule has 2 rings (SSSR count). The van der Waals surface area contributed by atoms with Gasteiger partial charge in [0.15, 0.2) is 5.78 Å². The second-order valence-electron chi connectivity index (χ2n) is 3.91. The number of nitrogens with zero attached hydrogens (tertiary/aromatic N) is 2. The van der Waals surface area contributed by atoms with Gasteiger partial charge in [-0.3, -0.25) is 4.79 Å². The fraction of sp³-hybridized carbons (Fsp3) is 0.154. The lowest BCUT2D eigenvalue weighted by molar-refractivity contribution is 0.101. The minimum atomic E-state index is -0.108. The summed E-state index contributed by atoms with van der Waals surface area (Å²) in [4.78, 5) is 19.5. The molecule has 0 bridgehead atoms. The molecule has 0 saturated heterocycles. The van der Waals surface area contributed by atoms with Crippen LogP contribution in [0.4, 0.5) is 5.69 Å². The number of anilines is 1. The Hall–Kier alpha value is -2.43. The Morgan fingerprint density at radius 3 is 2.72 bits per heavy atom. The summed E-state index contributed by atoms with van der Waals surface area (Å²) in [7, 11) is 0. The molecule has 0 saturated carbocycles. The highest BCUT2D eigenvalue weighted by Gasteiger charge is 2.10. The molecule has 0 atom stereocenters. The van der Waals surface area contributed by atoms with E-state index in [-0.39, 0.29) is 5.78 Å². The zero-order chi connectivity index (χ0) is 13.1. The van der Waals surface area contributed by atoms with Gasteiger partial charge in [0.1, 0.15) is 12.1 Å². The smallest absolute Gasteiger partial charge is 0.222 e. The molecule has 1 heterocycles. The molecule has 1 aromatic heterocycles. The lowest BCUT2D eigenvalue weighted by Crippen LogP contribution is -2.00. The molecular formula is C13H13N3O2. The van der Waals surface area contributed by atoms with Crippen molar-refractivity contribution >= 4 is 11.5 Å². The van der Waals surface area contributed by atoms with E-state index in [0.29, 0.717) is 22.9 Å². The summed E-state index contributed by atoms with van der Waals surface area (Å²) >= 11 is 0. The number of hydrogen-bond donors (Lipinski definition) is 1. The molecule has 5 heteroatoms. The molecule has 1 aromatic carbocycles. The van der Waals surface area contributed by atoms with Crippen molar-refractivity contribution in [2.75, 3.05) is 5.73 Å². The van der Waals surface area contributed by atoms with Crippen molar-refractivity contribution in [3.8, 4) is 11.6 Å². The minimum Gasteiger partial charge on any atom is -0.438 e. The van der Waals surface area contributed by atoms with E-state index in [1.165, 1.54) is 13.3 Å². The zero-order valence-corrected chi connectivity index (χ0v) is 10.2. The second-order valence-corrected chi connectivity index (χ2v) is 3.91. The van der Waals surface area contributed by atoms with Crippen molar-refractivity contribution < 1.29 is 9.53 Å². The van der Waals surface area contributed by atoms with Gasteiger partial charge in [-0.05, 0) is 32.0 Å². The largest absolute Gasteiger partial charge is 0.438 e. The maximum atomic E-state index is 11.5. The molecule has 0 spiro atoms. The van der Waals surface area contributed by atoms with Crippen LogP contribution in [0, 0.1) is 6.92 Å². The van der Waals surface area contributed by atoms with E-state index in [1.54, 1.807) is 24.3 Å². The van der Waals surface area contributed by atoms with Gasteiger partial charge in [-0.2, -0.15) is 0 Å². The molecule has 2 aromatic rings. The van der Waals surface area contributed by atoms with Crippen LogP contribution in [0.1, 0.15) is 23.0 Å². The van der Waals surface area contributed by atoms with E-state index >= 15 is 0 Å². The quantitative estimate of drug-likeness (QED) is 0.661. The molecule has 5 nitrogen and oxygen atoms in total. The van der Waals surface area contributed by atoms with Crippen LogP contribution in [0.5, 0.6) is 11.6 Å². The first-order valence-corrected chi connectivity index (χ1v) is 5.43. The number of hydrogen-bond acceptors (Lipinski definition) is 5. The SMILES string of the molecule is CC(=O)c1cc(N)ccc1Oc1cc(C)ncn1. The van der Waals surface area contributed by atoms with Crippen LogP contribution in [0.25, 0.3) is 0 Å². The molecule has 92 valence electrons. The number of ether oxygens (including phenoxy) is 1. The molecule has 0 radical (unpaired) electrons. The topological polar surface area (TPSA) is 78.1 Å². The predicted octanol–water partition coefficient (Wildman–Crippen LogP) is 2.36. The first-order chi connectivity index (χ1) is 8.56. The highest BCUT2D eigenvalue weighted by molar-refractivity contribution is 5.97. The van der Waals surface area contributed by atoms with Gasteiger partial charge in [0.2, 0.25) is 5.88 Å². The third kappa shape index (κ3) is 2.63. The van der Waals surface area contributed by atoms with Crippen molar-refractivity contribution in [1.82, 2.24) is 9.97 Å². The summed E-state index contributed by atoms with van der Waals surface area (Å²) in [5.74, 6) is 0.729. The Kier molecular flexibility index (Phi) is 3.23. The van der Waals surface area contributed by atoms with Crippen molar-refractivity contribution in [2.45, 2.75) is 13.8 Å². The zero-order valence-electron chi connectivity index (χ0n) is 10.2. The third-order valence-corrected chi connectivity index (χ3v) is 2.38. The summed E-state index contributed by atoms with van der Waals surface area (Å²) in [5, 5.41) is 0. The Labute approximate surface area is 105 Å². The maximum Gasteiger partial charge on any atom is 0.222 e. The van der Waals surface area contributed by atoms with Crippen LogP contribution in [0.3, 0.4) is 0 Å². The van der Waals surface area contributed by atoms with Crippen LogP contribution in [-0.4, -0.2) is 15.8 Å². The monoisotopic (exact) mass is 243 g/mol. The summed E-state index contributed by atoms with van der Waals surface area (Å²) in [6.45, 7) is 3.30. The Morgan fingerprint density at radius 2 is 2.06 bits per heavy atom. The molecule has 0 aliphatic carbocycles. The first-order valence-electron chi connectivity index (χ1n) is 5.43. The van der Waals surface area contributed by atoms with Gasteiger partial charge in [-0.15, -0.1) is 0 Å². The summed E-state index contributed by atoms with van der Waals surface area (Å²) in [6.07, 6.45) is 1.41. The maximum absolute atomic E-state index is 11.5. The molecule has 18 heavy (non-hydrogen) atoms. The second kappa shape index (κ2) is 4.83. The van der Waals surface area contributed by atoms with Gasteiger partial charge in [0, 0.05) is 17.4 Å². The van der Waals surface area contributed by atoms with Gasteiger partial charge in [-0.1, -0.05) is 0 Å². The van der Waals surface area contributed by atoms with E-state index in [0.717, 1.165) is 5.69 Å². The minimum absolute atomic E-state index is 0.108. The van der Waals surface area contributed by atoms with Gasteiger partial charge in [0.05, 0.1) is 5.56 Å². The van der Waals surface area contributed by atoms with Gasteiger partial charge in [-0.25, -0.2) is 9.97 Å². The van der Waals surface area contributed by atoms with Crippen LogP contribution < -0.4 is 10.5 Å². The number of carbonyl (C=O) groups is 1. The Morgan fingerprint density at radius 1 is 1.28 bits per heavy atom. The summed E-state index contributed by atoms with van der Waals surface area (Å²) in [6, 6.07) is 6.62. The van der Waals surface area contributed by atoms with E-state index in [9.17, 15) is 4.79 Å². The number of carbonyl (C=O) groups excluding carboxylic acids is 1. The Balaban J connectivity index is 2.37. The number of aromatic nitrogens is 2. The lowest BCUT2D eigenvalue weighted by Gasteiger charge is -2.09. The highest BCUT2D eigenvalue weighted by atomic mass is 16.5. The van der Waals surface area contributed by atoms with Crippen molar-refractivity contribution in [3.63, 3.8) is 0 Å². The average Bonchev–Trinajstić information content (AvgIpc) is 2.31. The van der Waals surface area contributed by atoms with Gasteiger partial charge >= 0.3 is 0 Å². The number of rotatable bonds is 3. The number of Topliss-reactive ketones (excluding diaryl/α,β-unsaturated/α-hetero) is 1. The van der Waals surface area contributed by atoms with Crippen LogP contribution in [0.15, 0.2) is 30.6 Å². The number of nitrogen functional groups attached to an aromatic ring is 1. The van der Waals surface area contributed by atoms with E-state index < -0.39 is 0 Å². The molecule has 2 N–H and O–H groups in total.